The number of hydrogen-bond acceptors (Lipinski definition) is 5. The van der Waals surface area contributed by atoms with E-state index in [2.05, 4.69) is 22.5 Å². The summed E-state index contributed by atoms with van der Waals surface area (Å²) in [5, 5.41) is 7.18. The number of nitrogens with one attached hydrogen (secondary N) is 1. The number of carbonyl (C=O) groups excluding carboxylic acids is 1. The number of anilines is 2. The monoisotopic (exact) mass is 288 g/mol. The van der Waals surface area contributed by atoms with Gasteiger partial charge in [-0.3, -0.25) is 0 Å². The van der Waals surface area contributed by atoms with Crippen LogP contribution in [0.3, 0.4) is 0 Å². The Labute approximate surface area is 123 Å². The standard InChI is InChI=1S/C15H20N4O2/c1-17-14-12(15(20)21-2)13(16)19(18-14)10-6-9-11-7-4-3-5-8-11/h3-5,7-8H,6,9-10,16H2,1-2H3,(H,17,18). The summed E-state index contributed by atoms with van der Waals surface area (Å²) in [6, 6.07) is 10.2. The van der Waals surface area contributed by atoms with Crippen molar-refractivity contribution in [3.63, 3.8) is 0 Å². The van der Waals surface area contributed by atoms with Gasteiger partial charge in [0, 0.05) is 13.6 Å². The van der Waals surface area contributed by atoms with Crippen LogP contribution in [0.1, 0.15) is 22.3 Å². The molecular formula is C15H20N4O2. The first-order valence-electron chi connectivity index (χ1n) is 6.83. The molecule has 0 unspecified atom stereocenters. The van der Waals surface area contributed by atoms with Gasteiger partial charge in [-0.2, -0.15) is 5.10 Å². The molecule has 6 nitrogen and oxygen atoms in total. The molecular weight excluding hydrogens is 268 g/mol. The number of methoxy groups -OCH3 is 1. The van der Waals surface area contributed by atoms with Crippen LogP contribution < -0.4 is 11.1 Å². The van der Waals surface area contributed by atoms with E-state index in [1.54, 1.807) is 11.7 Å². The van der Waals surface area contributed by atoms with E-state index < -0.39 is 5.97 Å². The van der Waals surface area contributed by atoms with Crippen molar-refractivity contribution in [2.75, 3.05) is 25.2 Å². The maximum atomic E-state index is 11.7. The van der Waals surface area contributed by atoms with Gasteiger partial charge >= 0.3 is 5.97 Å². The first-order valence-corrected chi connectivity index (χ1v) is 6.83. The Balaban J connectivity index is 2.07. The molecule has 0 fully saturated rings. The molecule has 1 heterocycles. The number of benzene rings is 1. The second-order valence-corrected chi connectivity index (χ2v) is 4.66. The molecule has 0 radical (unpaired) electrons. The Hall–Kier alpha value is -2.50. The van der Waals surface area contributed by atoms with Crippen LogP contribution in [0.5, 0.6) is 0 Å². The minimum atomic E-state index is -0.480. The number of nitrogen functional groups attached to an aromatic ring is 1. The highest BCUT2D eigenvalue weighted by atomic mass is 16.5. The van der Waals surface area contributed by atoms with Crippen LogP contribution in [0.25, 0.3) is 0 Å². The fraction of sp³-hybridized carbons (Fsp3) is 0.333. The molecule has 1 aromatic carbocycles. The number of aryl methyl sites for hydroxylation is 2. The summed E-state index contributed by atoms with van der Waals surface area (Å²) >= 11 is 0. The predicted octanol–water partition coefficient (Wildman–Crippen LogP) is 1.93. The molecule has 112 valence electrons. The fourth-order valence-corrected chi connectivity index (χ4v) is 2.20. The van der Waals surface area contributed by atoms with E-state index in [0.29, 0.717) is 23.7 Å². The molecule has 0 saturated heterocycles. The number of carbonyl (C=O) groups is 1. The maximum absolute atomic E-state index is 11.7. The molecule has 0 amide bonds. The van der Waals surface area contributed by atoms with Gasteiger partial charge in [0.15, 0.2) is 5.82 Å². The largest absolute Gasteiger partial charge is 0.465 e. The maximum Gasteiger partial charge on any atom is 0.345 e. The van der Waals surface area contributed by atoms with Gasteiger partial charge in [-0.1, -0.05) is 30.3 Å². The third-order valence-corrected chi connectivity index (χ3v) is 3.30. The van der Waals surface area contributed by atoms with Gasteiger partial charge in [0.05, 0.1) is 7.11 Å². The van der Waals surface area contributed by atoms with E-state index in [9.17, 15) is 4.79 Å². The summed E-state index contributed by atoms with van der Waals surface area (Å²) in [5.41, 5.74) is 7.56. The topological polar surface area (TPSA) is 82.2 Å². The summed E-state index contributed by atoms with van der Waals surface area (Å²) in [7, 11) is 3.02. The van der Waals surface area contributed by atoms with E-state index in [4.69, 9.17) is 10.5 Å². The highest BCUT2D eigenvalue weighted by Crippen LogP contribution is 2.22. The summed E-state index contributed by atoms with van der Waals surface area (Å²) in [4.78, 5) is 11.7. The lowest BCUT2D eigenvalue weighted by Crippen LogP contribution is -2.09. The van der Waals surface area contributed by atoms with E-state index in [1.807, 2.05) is 18.2 Å². The van der Waals surface area contributed by atoms with Gasteiger partial charge in [-0.05, 0) is 18.4 Å². The van der Waals surface area contributed by atoms with Crippen LogP contribution in [0.15, 0.2) is 30.3 Å². The van der Waals surface area contributed by atoms with Gasteiger partial charge in [0.2, 0.25) is 0 Å². The van der Waals surface area contributed by atoms with Crippen molar-refractivity contribution in [3.8, 4) is 0 Å². The zero-order valence-electron chi connectivity index (χ0n) is 12.3. The molecule has 1 aromatic heterocycles. The first kappa shape index (κ1) is 14.9. The second kappa shape index (κ2) is 6.78. The van der Waals surface area contributed by atoms with Crippen molar-refractivity contribution < 1.29 is 9.53 Å². The van der Waals surface area contributed by atoms with Gasteiger partial charge in [-0.15, -0.1) is 0 Å². The van der Waals surface area contributed by atoms with E-state index in [-0.39, 0.29) is 0 Å². The Morgan fingerprint density at radius 1 is 1.38 bits per heavy atom. The molecule has 0 aliphatic rings. The van der Waals surface area contributed by atoms with Crippen LogP contribution >= 0.6 is 0 Å². The van der Waals surface area contributed by atoms with Crippen molar-refractivity contribution in [3.05, 3.63) is 41.5 Å². The fourth-order valence-electron chi connectivity index (χ4n) is 2.20. The lowest BCUT2D eigenvalue weighted by molar-refractivity contribution is 0.0603. The number of aromatic nitrogens is 2. The molecule has 0 aliphatic heterocycles. The van der Waals surface area contributed by atoms with Crippen LogP contribution in [0.2, 0.25) is 0 Å². The average molecular weight is 288 g/mol. The van der Waals surface area contributed by atoms with Gasteiger partial charge in [-0.25, -0.2) is 9.48 Å². The van der Waals surface area contributed by atoms with Crippen LogP contribution in [0, 0.1) is 0 Å². The van der Waals surface area contributed by atoms with Crippen molar-refractivity contribution in [1.82, 2.24) is 9.78 Å². The molecule has 0 saturated carbocycles. The van der Waals surface area contributed by atoms with E-state index >= 15 is 0 Å². The number of nitrogens with zero attached hydrogens (tertiary/aromatic N) is 2. The normalized spacial score (nSPS) is 10.4. The molecule has 0 spiro atoms. The summed E-state index contributed by atoms with van der Waals surface area (Å²) in [6.07, 6.45) is 1.82. The smallest absolute Gasteiger partial charge is 0.345 e. The lowest BCUT2D eigenvalue weighted by atomic mass is 10.1. The van der Waals surface area contributed by atoms with E-state index in [1.165, 1.54) is 12.7 Å². The molecule has 2 rings (SSSR count). The Bertz CT molecular complexity index is 608. The molecule has 3 N–H and O–H groups in total. The van der Waals surface area contributed by atoms with Crippen molar-refractivity contribution >= 4 is 17.6 Å². The lowest BCUT2D eigenvalue weighted by Gasteiger charge is -2.05. The van der Waals surface area contributed by atoms with Crippen LogP contribution in [-0.4, -0.2) is 29.9 Å². The van der Waals surface area contributed by atoms with Crippen LogP contribution in [-0.2, 0) is 17.7 Å². The van der Waals surface area contributed by atoms with Crippen molar-refractivity contribution in [2.24, 2.45) is 0 Å². The van der Waals surface area contributed by atoms with Gasteiger partial charge < -0.3 is 15.8 Å². The van der Waals surface area contributed by atoms with E-state index in [0.717, 1.165) is 12.8 Å². The van der Waals surface area contributed by atoms with Gasteiger partial charge in [0.1, 0.15) is 11.4 Å². The van der Waals surface area contributed by atoms with Crippen molar-refractivity contribution in [2.45, 2.75) is 19.4 Å². The third kappa shape index (κ3) is 3.34. The number of esters is 1. The Kier molecular flexibility index (Phi) is 4.81. The second-order valence-electron chi connectivity index (χ2n) is 4.66. The zero-order chi connectivity index (χ0) is 15.2. The molecule has 0 aliphatic carbocycles. The zero-order valence-corrected chi connectivity index (χ0v) is 12.3. The highest BCUT2D eigenvalue weighted by Gasteiger charge is 2.21. The van der Waals surface area contributed by atoms with Crippen LogP contribution in [0.4, 0.5) is 11.6 Å². The number of nitrogens with two attached hydrogens (primary N) is 1. The number of ether oxygens (including phenoxy) is 1. The number of hydrogen-bond donors (Lipinski definition) is 2. The highest BCUT2D eigenvalue weighted by molar-refractivity contribution is 5.99. The Morgan fingerprint density at radius 3 is 2.71 bits per heavy atom. The quantitative estimate of drug-likeness (QED) is 0.794. The third-order valence-electron chi connectivity index (χ3n) is 3.30. The van der Waals surface area contributed by atoms with Gasteiger partial charge in [0.25, 0.3) is 0 Å². The minimum Gasteiger partial charge on any atom is -0.465 e. The molecule has 0 atom stereocenters. The predicted molar refractivity (Wildman–Crippen MR) is 82.3 cm³/mol. The average Bonchev–Trinajstić information content (AvgIpc) is 2.84. The summed E-state index contributed by atoms with van der Waals surface area (Å²) < 4.78 is 6.37. The van der Waals surface area contributed by atoms with Crippen molar-refractivity contribution in [1.29, 1.82) is 0 Å². The number of rotatable bonds is 6. The minimum absolute atomic E-state index is 0.291. The summed E-state index contributed by atoms with van der Waals surface area (Å²) in [5.74, 6) is 0.296. The molecule has 0 bridgehead atoms. The Morgan fingerprint density at radius 2 is 2.10 bits per heavy atom. The molecule has 2 aromatic rings. The summed E-state index contributed by atoms with van der Waals surface area (Å²) in [6.45, 7) is 0.645. The first-order chi connectivity index (χ1) is 10.2. The molecule has 21 heavy (non-hydrogen) atoms. The molecule has 6 heteroatoms. The SMILES string of the molecule is CNc1nn(CCCc2ccccc2)c(N)c1C(=O)OC.